The second kappa shape index (κ2) is 7.15. The van der Waals surface area contributed by atoms with Crippen LogP contribution in [0, 0.1) is 5.92 Å². The van der Waals surface area contributed by atoms with E-state index in [0.29, 0.717) is 19.5 Å². The van der Waals surface area contributed by atoms with Crippen molar-refractivity contribution in [2.24, 2.45) is 5.92 Å². The highest BCUT2D eigenvalue weighted by molar-refractivity contribution is 5.77. The van der Waals surface area contributed by atoms with Crippen molar-refractivity contribution in [2.45, 2.75) is 57.7 Å². The average Bonchev–Trinajstić information content (AvgIpc) is 3.19. The number of rotatable bonds is 5. The fraction of sp³-hybridized carbons (Fsp3) is 0.722. The van der Waals surface area contributed by atoms with E-state index < -0.39 is 5.54 Å². The van der Waals surface area contributed by atoms with Crippen molar-refractivity contribution >= 4 is 11.8 Å². The van der Waals surface area contributed by atoms with E-state index in [1.165, 1.54) is 0 Å². The molecule has 0 saturated carbocycles. The largest absolute Gasteiger partial charge is 0.394 e. The lowest BCUT2D eigenvalue weighted by atomic mass is 9.89. The molecule has 3 atom stereocenters. The van der Waals surface area contributed by atoms with Crippen LogP contribution in [0.1, 0.15) is 39.5 Å². The van der Waals surface area contributed by atoms with Crippen LogP contribution in [0.15, 0.2) is 18.5 Å². The number of hydrogen-bond donors (Lipinski definition) is 1. The minimum atomic E-state index is -0.500. The van der Waals surface area contributed by atoms with Crippen LogP contribution in [0.4, 0.5) is 0 Å². The fourth-order valence-corrected chi connectivity index (χ4v) is 4.59. The summed E-state index contributed by atoms with van der Waals surface area (Å²) in [4.78, 5) is 28.4. The van der Waals surface area contributed by atoms with E-state index in [4.69, 9.17) is 0 Å². The highest BCUT2D eigenvalue weighted by Crippen LogP contribution is 2.42. The van der Waals surface area contributed by atoms with Gasteiger partial charge in [-0.05, 0) is 38.2 Å². The van der Waals surface area contributed by atoms with Crippen molar-refractivity contribution in [3.8, 4) is 0 Å². The number of aryl methyl sites for hydroxylation is 1. The number of carbonyl (C=O) groups is 2. The molecule has 0 aliphatic carbocycles. The summed E-state index contributed by atoms with van der Waals surface area (Å²) in [6, 6.07) is 2.02. The van der Waals surface area contributed by atoms with E-state index in [0.717, 1.165) is 25.8 Å². The Balaban J connectivity index is 1.56. The fourth-order valence-electron chi connectivity index (χ4n) is 4.59. The van der Waals surface area contributed by atoms with Gasteiger partial charge in [-0.25, -0.2) is 0 Å². The lowest BCUT2D eigenvalue weighted by Crippen LogP contribution is -2.53. The molecule has 2 aliphatic rings. The van der Waals surface area contributed by atoms with Gasteiger partial charge in [0.1, 0.15) is 0 Å². The quantitative estimate of drug-likeness (QED) is 0.857. The standard InChI is InChI=1S/C18H28N4O3/c1-14(24)22-16-6-10-20(12-15(16)11-18(22,2)13-23)17(25)5-3-8-21-9-4-7-19-21/h4,7,9,15-16,23H,3,5-6,8,10-13H2,1-2H3/t15-,16-,18+/m0/s1. The summed E-state index contributed by atoms with van der Waals surface area (Å²) in [6.07, 6.45) is 6.49. The maximum Gasteiger partial charge on any atom is 0.222 e. The molecule has 0 aromatic carbocycles. The van der Waals surface area contributed by atoms with Gasteiger partial charge in [0.25, 0.3) is 0 Å². The summed E-state index contributed by atoms with van der Waals surface area (Å²) in [7, 11) is 0. The Hall–Kier alpha value is -1.89. The molecule has 1 aromatic heterocycles. The molecule has 3 heterocycles. The Morgan fingerprint density at radius 1 is 1.40 bits per heavy atom. The van der Waals surface area contributed by atoms with Gasteiger partial charge in [0.05, 0.1) is 12.1 Å². The Kier molecular flexibility index (Phi) is 5.13. The van der Waals surface area contributed by atoms with E-state index in [1.807, 2.05) is 33.7 Å². The van der Waals surface area contributed by atoms with Crippen LogP contribution in [-0.4, -0.2) is 67.8 Å². The van der Waals surface area contributed by atoms with Crippen molar-refractivity contribution < 1.29 is 14.7 Å². The van der Waals surface area contributed by atoms with E-state index in [-0.39, 0.29) is 30.4 Å². The van der Waals surface area contributed by atoms with Gasteiger partial charge in [0.2, 0.25) is 11.8 Å². The van der Waals surface area contributed by atoms with Crippen LogP contribution < -0.4 is 0 Å². The number of amides is 2. The first-order valence-corrected chi connectivity index (χ1v) is 9.10. The van der Waals surface area contributed by atoms with E-state index in [9.17, 15) is 14.7 Å². The van der Waals surface area contributed by atoms with Crippen LogP contribution in [0.25, 0.3) is 0 Å². The van der Waals surface area contributed by atoms with Gasteiger partial charge in [-0.15, -0.1) is 0 Å². The summed E-state index contributed by atoms with van der Waals surface area (Å²) in [5.41, 5.74) is -0.500. The SMILES string of the molecule is CC(=O)N1[C@H]2CCN(C(=O)CCCn3cccn3)C[C@@H]2C[C@]1(C)CO. The third-order valence-electron chi connectivity index (χ3n) is 5.68. The Bertz CT molecular complexity index is 618. The molecule has 0 radical (unpaired) electrons. The minimum Gasteiger partial charge on any atom is -0.394 e. The molecule has 0 spiro atoms. The number of aromatic nitrogens is 2. The third-order valence-corrected chi connectivity index (χ3v) is 5.68. The van der Waals surface area contributed by atoms with Crippen LogP contribution in [0.3, 0.4) is 0 Å². The molecular weight excluding hydrogens is 320 g/mol. The summed E-state index contributed by atoms with van der Waals surface area (Å²) in [5.74, 6) is 0.450. The number of hydrogen-bond acceptors (Lipinski definition) is 4. The summed E-state index contributed by atoms with van der Waals surface area (Å²) >= 11 is 0. The minimum absolute atomic E-state index is 0.0167. The number of nitrogens with zero attached hydrogens (tertiary/aromatic N) is 4. The first-order valence-electron chi connectivity index (χ1n) is 9.10. The van der Waals surface area contributed by atoms with Crippen LogP contribution in [-0.2, 0) is 16.1 Å². The normalized spacial score (nSPS) is 28.9. The molecule has 1 aromatic rings. The Morgan fingerprint density at radius 3 is 2.84 bits per heavy atom. The monoisotopic (exact) mass is 348 g/mol. The summed E-state index contributed by atoms with van der Waals surface area (Å²) < 4.78 is 1.84. The van der Waals surface area contributed by atoms with Gasteiger partial charge in [-0.3, -0.25) is 14.3 Å². The molecule has 1 N–H and O–H groups in total. The van der Waals surface area contributed by atoms with Crippen LogP contribution >= 0.6 is 0 Å². The second-order valence-corrected chi connectivity index (χ2v) is 7.58. The first-order chi connectivity index (χ1) is 11.9. The number of piperidine rings is 1. The van der Waals surface area contributed by atoms with Crippen molar-refractivity contribution in [3.05, 3.63) is 18.5 Å². The van der Waals surface area contributed by atoms with Crippen molar-refractivity contribution in [3.63, 3.8) is 0 Å². The van der Waals surface area contributed by atoms with Crippen molar-refractivity contribution in [2.75, 3.05) is 19.7 Å². The van der Waals surface area contributed by atoms with Gasteiger partial charge >= 0.3 is 0 Å². The maximum atomic E-state index is 12.5. The van der Waals surface area contributed by atoms with Crippen LogP contribution in [0.5, 0.6) is 0 Å². The van der Waals surface area contributed by atoms with Gasteiger partial charge in [0, 0.05) is 51.4 Å². The smallest absolute Gasteiger partial charge is 0.222 e. The summed E-state index contributed by atoms with van der Waals surface area (Å²) in [6.45, 7) is 5.61. The number of aliphatic hydroxyl groups is 1. The lowest BCUT2D eigenvalue weighted by Gasteiger charge is -2.40. The van der Waals surface area contributed by atoms with E-state index >= 15 is 0 Å². The predicted molar refractivity (Wildman–Crippen MR) is 92.6 cm³/mol. The number of likely N-dealkylation sites (tertiary alicyclic amines) is 2. The lowest BCUT2D eigenvalue weighted by molar-refractivity contribution is -0.138. The molecule has 2 aliphatic heterocycles. The average molecular weight is 348 g/mol. The number of fused-ring (bicyclic) bond motifs is 1. The number of carbonyl (C=O) groups excluding carboxylic acids is 2. The van der Waals surface area contributed by atoms with Gasteiger partial charge in [0.15, 0.2) is 0 Å². The second-order valence-electron chi connectivity index (χ2n) is 7.58. The van der Waals surface area contributed by atoms with Gasteiger partial charge in [-0.2, -0.15) is 5.10 Å². The highest BCUT2D eigenvalue weighted by atomic mass is 16.3. The Labute approximate surface area is 148 Å². The predicted octanol–water partition coefficient (Wildman–Crippen LogP) is 0.884. The number of aliphatic hydroxyl groups excluding tert-OH is 1. The third kappa shape index (κ3) is 3.56. The zero-order chi connectivity index (χ0) is 18.0. The zero-order valence-electron chi connectivity index (χ0n) is 15.1. The first kappa shape index (κ1) is 17.9. The van der Waals surface area contributed by atoms with Gasteiger partial charge < -0.3 is 14.9 Å². The van der Waals surface area contributed by atoms with E-state index in [2.05, 4.69) is 5.10 Å². The highest BCUT2D eigenvalue weighted by Gasteiger charge is 2.51. The van der Waals surface area contributed by atoms with E-state index in [1.54, 1.807) is 13.1 Å². The molecule has 138 valence electrons. The molecule has 7 heteroatoms. The molecule has 0 bridgehead atoms. The molecule has 2 fully saturated rings. The molecule has 2 saturated heterocycles. The topological polar surface area (TPSA) is 78.7 Å². The van der Waals surface area contributed by atoms with Crippen molar-refractivity contribution in [1.82, 2.24) is 19.6 Å². The zero-order valence-corrected chi connectivity index (χ0v) is 15.1. The Morgan fingerprint density at radius 2 is 2.20 bits per heavy atom. The molecular formula is C18H28N4O3. The molecule has 2 amide bonds. The van der Waals surface area contributed by atoms with Crippen LogP contribution in [0.2, 0.25) is 0 Å². The molecule has 7 nitrogen and oxygen atoms in total. The summed E-state index contributed by atoms with van der Waals surface area (Å²) in [5, 5.41) is 13.9. The molecule has 3 rings (SSSR count). The van der Waals surface area contributed by atoms with Gasteiger partial charge in [-0.1, -0.05) is 0 Å². The molecule has 0 unspecified atom stereocenters. The maximum absolute atomic E-state index is 12.5. The van der Waals surface area contributed by atoms with Crippen molar-refractivity contribution in [1.29, 1.82) is 0 Å². The molecule has 25 heavy (non-hydrogen) atoms.